The molecule has 0 atom stereocenters. The topological polar surface area (TPSA) is 138 Å². The quantitative estimate of drug-likeness (QED) is 0.370. The van der Waals surface area contributed by atoms with Crippen LogP contribution in [0.3, 0.4) is 0 Å². The fraction of sp³-hybridized carbons (Fsp3) is 0.333. The first-order valence-corrected chi connectivity index (χ1v) is 12.5. The summed E-state index contributed by atoms with van der Waals surface area (Å²) >= 11 is 0. The number of ketones is 1. The van der Waals surface area contributed by atoms with Crippen LogP contribution < -0.4 is 16.6 Å². The monoisotopic (exact) mass is 499 g/mol. The van der Waals surface area contributed by atoms with E-state index >= 15 is 0 Å². The highest BCUT2D eigenvalue weighted by atomic mass is 16.2. The molecule has 1 aliphatic rings. The standard InChI is InChI=1S/C27H29N7O3/c1-3-4-5-11-34-20-7-6-8-21(35)17(20)12-18(27(34)37)26(36)32-22-10-9-16(13-29-22)19-14-33(2)25-23(19)24(28)30-15-31-25/h9-10,12-15H,3-8,11H2,1-2H3,(H2,28,30,31)(H,29,32,36). The van der Waals surface area contributed by atoms with E-state index in [1.807, 2.05) is 23.9 Å². The van der Waals surface area contributed by atoms with Crippen LogP contribution in [-0.2, 0) is 20.0 Å². The predicted molar refractivity (Wildman–Crippen MR) is 142 cm³/mol. The number of aryl methyl sites for hydroxylation is 1. The van der Waals surface area contributed by atoms with Crippen molar-refractivity contribution in [3.8, 4) is 11.1 Å². The number of aromatic nitrogens is 5. The summed E-state index contributed by atoms with van der Waals surface area (Å²) < 4.78 is 3.49. The summed E-state index contributed by atoms with van der Waals surface area (Å²) in [7, 11) is 1.87. The minimum Gasteiger partial charge on any atom is -0.383 e. The first kappa shape index (κ1) is 24.4. The SMILES string of the molecule is CCCCCn1c2c(cc(C(=O)Nc3ccc(-c4cn(C)c5ncnc(N)c45)cn3)c1=O)C(=O)CCC2. The lowest BCUT2D eigenvalue weighted by Crippen LogP contribution is -2.34. The van der Waals surface area contributed by atoms with Gasteiger partial charge in [0.1, 0.15) is 29.2 Å². The molecule has 5 rings (SSSR count). The Hall–Kier alpha value is -4.34. The lowest BCUT2D eigenvalue weighted by atomic mass is 9.93. The highest BCUT2D eigenvalue weighted by molar-refractivity contribution is 6.06. The van der Waals surface area contributed by atoms with Crippen molar-refractivity contribution in [2.75, 3.05) is 11.1 Å². The van der Waals surface area contributed by atoms with Crippen molar-refractivity contribution in [3.63, 3.8) is 0 Å². The number of nitrogens with zero attached hydrogens (tertiary/aromatic N) is 5. The summed E-state index contributed by atoms with van der Waals surface area (Å²) in [5, 5.41) is 3.45. The molecule has 0 saturated heterocycles. The molecule has 4 aromatic rings. The number of hydrogen-bond acceptors (Lipinski definition) is 7. The number of nitrogen functional groups attached to an aromatic ring is 1. The maximum absolute atomic E-state index is 13.3. The number of rotatable bonds is 7. The van der Waals surface area contributed by atoms with Crippen molar-refractivity contribution in [2.24, 2.45) is 7.05 Å². The van der Waals surface area contributed by atoms with Gasteiger partial charge in [-0.15, -0.1) is 0 Å². The van der Waals surface area contributed by atoms with Crippen molar-refractivity contribution in [1.82, 2.24) is 24.1 Å². The summed E-state index contributed by atoms with van der Waals surface area (Å²) in [6.07, 6.45) is 9.54. The van der Waals surface area contributed by atoms with Crippen LogP contribution >= 0.6 is 0 Å². The molecule has 1 amide bonds. The van der Waals surface area contributed by atoms with E-state index in [-0.39, 0.29) is 16.9 Å². The lowest BCUT2D eigenvalue weighted by Gasteiger charge is -2.21. The van der Waals surface area contributed by atoms with Crippen LogP contribution in [0, 0.1) is 0 Å². The van der Waals surface area contributed by atoms with Crippen LogP contribution in [0.1, 0.15) is 65.4 Å². The molecule has 4 aromatic heterocycles. The van der Waals surface area contributed by atoms with E-state index in [4.69, 9.17) is 5.73 Å². The second-order valence-electron chi connectivity index (χ2n) is 9.36. The Morgan fingerprint density at radius 3 is 2.70 bits per heavy atom. The summed E-state index contributed by atoms with van der Waals surface area (Å²) in [6, 6.07) is 4.93. The van der Waals surface area contributed by atoms with Gasteiger partial charge in [-0.05, 0) is 37.5 Å². The zero-order chi connectivity index (χ0) is 26.1. The smallest absolute Gasteiger partial charge is 0.263 e. The predicted octanol–water partition coefficient (Wildman–Crippen LogP) is 3.74. The number of fused-ring (bicyclic) bond motifs is 2. The molecule has 0 saturated carbocycles. The fourth-order valence-electron chi connectivity index (χ4n) is 4.95. The van der Waals surface area contributed by atoms with Crippen LogP contribution in [0.25, 0.3) is 22.2 Å². The molecule has 10 heteroatoms. The molecule has 4 heterocycles. The summed E-state index contributed by atoms with van der Waals surface area (Å²) in [5.41, 5.74) is 9.21. The van der Waals surface area contributed by atoms with E-state index in [2.05, 4.69) is 27.2 Å². The van der Waals surface area contributed by atoms with Gasteiger partial charge in [0.15, 0.2) is 5.78 Å². The zero-order valence-corrected chi connectivity index (χ0v) is 21.0. The number of Topliss-reactive ketones (excluding diaryl/α,β-unsaturated/α-hetero) is 1. The van der Waals surface area contributed by atoms with E-state index in [0.29, 0.717) is 42.2 Å². The third-order valence-corrected chi connectivity index (χ3v) is 6.85. The third kappa shape index (κ3) is 4.50. The second-order valence-corrected chi connectivity index (χ2v) is 9.36. The largest absolute Gasteiger partial charge is 0.383 e. The molecule has 0 unspecified atom stereocenters. The van der Waals surface area contributed by atoms with Crippen LogP contribution in [-0.4, -0.2) is 35.8 Å². The van der Waals surface area contributed by atoms with Gasteiger partial charge in [0.05, 0.1) is 5.39 Å². The molecule has 1 aliphatic carbocycles. The van der Waals surface area contributed by atoms with Gasteiger partial charge < -0.3 is 20.2 Å². The molecular formula is C27H29N7O3. The molecule has 0 radical (unpaired) electrons. The van der Waals surface area contributed by atoms with Gasteiger partial charge in [-0.25, -0.2) is 15.0 Å². The number of pyridine rings is 2. The molecule has 190 valence electrons. The molecule has 0 aliphatic heterocycles. The van der Waals surface area contributed by atoms with E-state index in [9.17, 15) is 14.4 Å². The maximum atomic E-state index is 13.3. The average molecular weight is 500 g/mol. The van der Waals surface area contributed by atoms with Crippen molar-refractivity contribution < 1.29 is 9.59 Å². The molecular weight excluding hydrogens is 470 g/mol. The van der Waals surface area contributed by atoms with E-state index in [1.165, 1.54) is 12.4 Å². The van der Waals surface area contributed by atoms with Gasteiger partial charge in [-0.1, -0.05) is 19.8 Å². The molecule has 0 spiro atoms. The number of hydrogen-bond donors (Lipinski definition) is 2. The van der Waals surface area contributed by atoms with Crippen LogP contribution in [0.4, 0.5) is 11.6 Å². The Labute approximate surface area is 213 Å². The number of nitrogens with two attached hydrogens (primary N) is 1. The molecule has 3 N–H and O–H groups in total. The van der Waals surface area contributed by atoms with Gasteiger partial charge in [-0.3, -0.25) is 14.4 Å². The number of unbranched alkanes of at least 4 members (excludes halogenated alkanes) is 2. The van der Waals surface area contributed by atoms with Crippen LogP contribution in [0.15, 0.2) is 41.7 Å². The molecule has 10 nitrogen and oxygen atoms in total. The van der Waals surface area contributed by atoms with Gasteiger partial charge in [-0.2, -0.15) is 0 Å². The zero-order valence-electron chi connectivity index (χ0n) is 21.0. The minimum absolute atomic E-state index is 0.0274. The first-order chi connectivity index (χ1) is 17.9. The van der Waals surface area contributed by atoms with Gasteiger partial charge in [0.2, 0.25) is 0 Å². The van der Waals surface area contributed by atoms with Crippen LogP contribution in [0.2, 0.25) is 0 Å². The molecule has 0 aromatic carbocycles. The fourth-order valence-corrected chi connectivity index (χ4v) is 4.95. The Morgan fingerprint density at radius 2 is 1.95 bits per heavy atom. The number of nitrogens with one attached hydrogen (secondary N) is 1. The summed E-state index contributed by atoms with van der Waals surface area (Å²) in [6.45, 7) is 2.58. The summed E-state index contributed by atoms with van der Waals surface area (Å²) in [4.78, 5) is 51.9. The highest BCUT2D eigenvalue weighted by Crippen LogP contribution is 2.32. The number of carbonyl (C=O) groups is 2. The van der Waals surface area contributed by atoms with Crippen molar-refractivity contribution in [2.45, 2.75) is 52.0 Å². The Kier molecular flexibility index (Phi) is 6.56. The second kappa shape index (κ2) is 9.96. The number of anilines is 2. The normalized spacial score (nSPS) is 13.1. The van der Waals surface area contributed by atoms with Crippen molar-refractivity contribution in [3.05, 3.63) is 64.1 Å². The Balaban J connectivity index is 1.44. The van der Waals surface area contributed by atoms with E-state index < -0.39 is 5.91 Å². The molecule has 0 fully saturated rings. The highest BCUT2D eigenvalue weighted by Gasteiger charge is 2.25. The first-order valence-electron chi connectivity index (χ1n) is 12.5. The van der Waals surface area contributed by atoms with Gasteiger partial charge >= 0.3 is 0 Å². The molecule has 0 bridgehead atoms. The van der Waals surface area contributed by atoms with Gasteiger partial charge in [0, 0.05) is 54.8 Å². The number of amides is 1. The Morgan fingerprint density at radius 1 is 1.11 bits per heavy atom. The third-order valence-electron chi connectivity index (χ3n) is 6.85. The average Bonchev–Trinajstić information content (AvgIpc) is 3.23. The maximum Gasteiger partial charge on any atom is 0.263 e. The van der Waals surface area contributed by atoms with Crippen LogP contribution in [0.5, 0.6) is 0 Å². The van der Waals surface area contributed by atoms with E-state index in [1.54, 1.807) is 16.8 Å². The lowest BCUT2D eigenvalue weighted by molar-refractivity contribution is 0.0970. The minimum atomic E-state index is -0.585. The Bertz CT molecular complexity index is 1570. The van der Waals surface area contributed by atoms with E-state index in [0.717, 1.165) is 47.9 Å². The van der Waals surface area contributed by atoms with Crippen molar-refractivity contribution in [1.29, 1.82) is 0 Å². The number of carbonyl (C=O) groups excluding carboxylic acids is 2. The van der Waals surface area contributed by atoms with Gasteiger partial charge in [0.25, 0.3) is 11.5 Å². The summed E-state index contributed by atoms with van der Waals surface area (Å²) in [5.74, 6) is 0.0492. The molecule has 37 heavy (non-hydrogen) atoms. The van der Waals surface area contributed by atoms with Crippen molar-refractivity contribution >= 4 is 34.4 Å².